The normalized spacial score (nSPS) is 17.4. The van der Waals surface area contributed by atoms with Crippen molar-refractivity contribution in [1.82, 2.24) is 10.2 Å². The van der Waals surface area contributed by atoms with Crippen LogP contribution in [0.1, 0.15) is 5.56 Å². The van der Waals surface area contributed by atoms with E-state index in [4.69, 9.17) is 0 Å². The number of nitrogens with one attached hydrogen (secondary N) is 1. The number of benzene rings is 2. The molecule has 3 heteroatoms. The van der Waals surface area contributed by atoms with Crippen LogP contribution in [0.2, 0.25) is 0 Å². The molecule has 1 unspecified atom stereocenters. The molecule has 1 atom stereocenters. The zero-order valence-electron chi connectivity index (χ0n) is 13.4. The molecule has 2 aromatic rings. The highest BCUT2D eigenvalue weighted by Gasteiger charge is 2.16. The third-order valence-corrected chi connectivity index (χ3v) is 4.34. The molecular formula is C20H24N2O. The zero-order chi connectivity index (χ0) is 15.9. The van der Waals surface area contributed by atoms with Crippen LogP contribution in [0, 0.1) is 0 Å². The molecule has 0 amide bonds. The maximum absolute atomic E-state index is 9.64. The van der Waals surface area contributed by atoms with Crippen molar-refractivity contribution in [3.63, 3.8) is 0 Å². The van der Waals surface area contributed by atoms with Gasteiger partial charge < -0.3 is 10.4 Å². The monoisotopic (exact) mass is 308 g/mol. The van der Waals surface area contributed by atoms with Crippen molar-refractivity contribution in [3.05, 3.63) is 66.2 Å². The molecule has 1 heterocycles. The van der Waals surface area contributed by atoms with Crippen molar-refractivity contribution in [2.24, 2.45) is 0 Å². The van der Waals surface area contributed by atoms with Gasteiger partial charge in [-0.25, -0.2) is 0 Å². The molecule has 1 aliphatic heterocycles. The van der Waals surface area contributed by atoms with Crippen molar-refractivity contribution in [2.45, 2.75) is 6.04 Å². The first-order valence-corrected chi connectivity index (χ1v) is 8.26. The quantitative estimate of drug-likeness (QED) is 0.891. The second-order valence-corrected chi connectivity index (χ2v) is 5.88. The molecule has 3 nitrogen and oxygen atoms in total. The van der Waals surface area contributed by atoms with E-state index in [1.165, 1.54) is 16.7 Å². The van der Waals surface area contributed by atoms with Gasteiger partial charge in [-0.1, -0.05) is 66.7 Å². The molecule has 2 aromatic carbocycles. The van der Waals surface area contributed by atoms with Gasteiger partial charge in [-0.2, -0.15) is 0 Å². The van der Waals surface area contributed by atoms with Crippen LogP contribution in [0.5, 0.6) is 0 Å². The second-order valence-electron chi connectivity index (χ2n) is 5.88. The lowest BCUT2D eigenvalue weighted by Gasteiger charge is -2.32. The molecule has 23 heavy (non-hydrogen) atoms. The van der Waals surface area contributed by atoms with E-state index < -0.39 is 0 Å². The number of nitrogens with zero attached hydrogens (tertiary/aromatic N) is 1. The summed E-state index contributed by atoms with van der Waals surface area (Å²) in [6.07, 6.45) is 4.22. The molecule has 1 fully saturated rings. The Hall–Kier alpha value is -1.94. The van der Waals surface area contributed by atoms with Crippen LogP contribution in [0.4, 0.5) is 0 Å². The zero-order valence-corrected chi connectivity index (χ0v) is 13.4. The van der Waals surface area contributed by atoms with Gasteiger partial charge in [0.25, 0.3) is 0 Å². The first-order valence-electron chi connectivity index (χ1n) is 8.26. The van der Waals surface area contributed by atoms with E-state index in [1.807, 2.05) is 6.07 Å². The van der Waals surface area contributed by atoms with Gasteiger partial charge in [-0.15, -0.1) is 0 Å². The average molecular weight is 308 g/mol. The van der Waals surface area contributed by atoms with Gasteiger partial charge in [0.1, 0.15) is 0 Å². The summed E-state index contributed by atoms with van der Waals surface area (Å²) >= 11 is 0. The van der Waals surface area contributed by atoms with Gasteiger partial charge in [0.2, 0.25) is 0 Å². The van der Waals surface area contributed by atoms with Gasteiger partial charge in [-0.3, -0.25) is 4.90 Å². The minimum absolute atomic E-state index is 0.103. The second kappa shape index (κ2) is 8.06. The largest absolute Gasteiger partial charge is 0.394 e. The van der Waals surface area contributed by atoms with Crippen molar-refractivity contribution in [1.29, 1.82) is 0 Å². The molecule has 3 rings (SSSR count). The van der Waals surface area contributed by atoms with Crippen molar-refractivity contribution < 1.29 is 5.11 Å². The maximum Gasteiger partial charge on any atom is 0.0622 e. The summed E-state index contributed by atoms with van der Waals surface area (Å²) in [5, 5.41) is 13.0. The summed E-state index contributed by atoms with van der Waals surface area (Å²) in [5.74, 6) is 0. The third kappa shape index (κ3) is 4.29. The standard InChI is InChI=1S/C20H24N2O/c23-16-20(22-14-12-21-13-15-22)11-8-17-6-9-19(10-7-17)18-4-2-1-3-5-18/h1-11,20-21,23H,12-16H2/b11-8+. The Balaban J connectivity index is 1.67. The Morgan fingerprint density at radius 1 is 0.957 bits per heavy atom. The fraction of sp³-hybridized carbons (Fsp3) is 0.300. The smallest absolute Gasteiger partial charge is 0.0622 e. The Bertz CT molecular complexity index is 616. The summed E-state index contributed by atoms with van der Waals surface area (Å²) in [6.45, 7) is 4.13. The van der Waals surface area contributed by atoms with Gasteiger partial charge >= 0.3 is 0 Å². The molecule has 1 saturated heterocycles. The van der Waals surface area contributed by atoms with E-state index in [0.29, 0.717) is 0 Å². The summed E-state index contributed by atoms with van der Waals surface area (Å²) in [4.78, 5) is 2.32. The molecule has 0 aliphatic carbocycles. The third-order valence-electron chi connectivity index (χ3n) is 4.34. The van der Waals surface area contributed by atoms with Gasteiger partial charge in [-0.05, 0) is 16.7 Å². The molecule has 0 bridgehead atoms. The SMILES string of the molecule is OCC(/C=C/c1ccc(-c2ccccc2)cc1)N1CCNCC1. The lowest BCUT2D eigenvalue weighted by Crippen LogP contribution is -2.48. The highest BCUT2D eigenvalue weighted by molar-refractivity contribution is 5.65. The number of aliphatic hydroxyl groups is 1. The van der Waals surface area contributed by atoms with E-state index in [1.54, 1.807) is 0 Å². The van der Waals surface area contributed by atoms with Crippen LogP contribution in [0.3, 0.4) is 0 Å². The van der Waals surface area contributed by atoms with Crippen LogP contribution in [0.25, 0.3) is 17.2 Å². The maximum atomic E-state index is 9.64. The van der Waals surface area contributed by atoms with Crippen molar-refractivity contribution in [2.75, 3.05) is 32.8 Å². The van der Waals surface area contributed by atoms with Gasteiger partial charge in [0, 0.05) is 26.2 Å². The first kappa shape index (κ1) is 15.9. The minimum Gasteiger partial charge on any atom is -0.394 e. The predicted octanol–water partition coefficient (Wildman–Crippen LogP) is 2.63. The molecule has 2 N–H and O–H groups in total. The fourth-order valence-electron chi connectivity index (χ4n) is 2.95. The minimum atomic E-state index is 0.103. The Morgan fingerprint density at radius 3 is 2.26 bits per heavy atom. The van der Waals surface area contributed by atoms with Crippen molar-refractivity contribution >= 4 is 6.08 Å². The van der Waals surface area contributed by atoms with E-state index >= 15 is 0 Å². The molecule has 0 aromatic heterocycles. The number of piperazine rings is 1. The van der Waals surface area contributed by atoms with Gasteiger partial charge in [0.15, 0.2) is 0 Å². The van der Waals surface area contributed by atoms with Crippen LogP contribution >= 0.6 is 0 Å². The molecule has 120 valence electrons. The lowest BCUT2D eigenvalue weighted by atomic mass is 10.0. The van der Waals surface area contributed by atoms with Crippen LogP contribution in [0.15, 0.2) is 60.7 Å². The Kier molecular flexibility index (Phi) is 5.59. The Morgan fingerprint density at radius 2 is 1.61 bits per heavy atom. The topological polar surface area (TPSA) is 35.5 Å². The van der Waals surface area contributed by atoms with E-state index in [9.17, 15) is 5.11 Å². The fourth-order valence-corrected chi connectivity index (χ4v) is 2.95. The number of hydrogen-bond acceptors (Lipinski definition) is 3. The summed E-state index contributed by atoms with van der Waals surface area (Å²) in [6, 6.07) is 19.0. The van der Waals surface area contributed by atoms with Crippen LogP contribution in [-0.4, -0.2) is 48.8 Å². The van der Waals surface area contributed by atoms with E-state index in [-0.39, 0.29) is 12.6 Å². The van der Waals surface area contributed by atoms with E-state index in [2.05, 4.69) is 70.9 Å². The molecular weight excluding hydrogens is 284 g/mol. The number of rotatable bonds is 5. The summed E-state index contributed by atoms with van der Waals surface area (Å²) in [5.41, 5.74) is 3.62. The highest BCUT2D eigenvalue weighted by atomic mass is 16.3. The molecule has 1 aliphatic rings. The lowest BCUT2D eigenvalue weighted by molar-refractivity contribution is 0.138. The predicted molar refractivity (Wildman–Crippen MR) is 96.2 cm³/mol. The number of hydrogen-bond donors (Lipinski definition) is 2. The highest BCUT2D eigenvalue weighted by Crippen LogP contribution is 2.19. The van der Waals surface area contributed by atoms with Gasteiger partial charge in [0.05, 0.1) is 12.6 Å². The number of aliphatic hydroxyl groups excluding tert-OH is 1. The molecule has 0 radical (unpaired) electrons. The molecule has 0 saturated carbocycles. The van der Waals surface area contributed by atoms with Crippen LogP contribution in [-0.2, 0) is 0 Å². The Labute approximate surface area is 138 Å². The average Bonchev–Trinajstić information content (AvgIpc) is 2.64. The van der Waals surface area contributed by atoms with Crippen LogP contribution < -0.4 is 5.32 Å². The first-order chi connectivity index (χ1) is 11.4. The summed E-state index contributed by atoms with van der Waals surface area (Å²) in [7, 11) is 0. The molecule has 0 spiro atoms. The van der Waals surface area contributed by atoms with Crippen molar-refractivity contribution in [3.8, 4) is 11.1 Å². The summed E-state index contributed by atoms with van der Waals surface area (Å²) < 4.78 is 0. The van der Waals surface area contributed by atoms with E-state index in [0.717, 1.165) is 26.2 Å².